The lowest BCUT2D eigenvalue weighted by molar-refractivity contribution is -0.114. The zero-order valence-corrected chi connectivity index (χ0v) is 13.4. The maximum Gasteiger partial charge on any atom is 0.179 e. The Balaban J connectivity index is 1.81. The Hall–Kier alpha value is -2.84. The molecule has 2 aromatic rings. The molecular formula is C18H13ClN2O3. The van der Waals surface area contributed by atoms with Crippen LogP contribution in [0.25, 0.3) is 6.08 Å². The van der Waals surface area contributed by atoms with Gasteiger partial charge in [-0.15, -0.1) is 0 Å². The molecule has 0 spiro atoms. The number of carbonyl (C=O) groups excluding carboxylic acids is 1. The van der Waals surface area contributed by atoms with Gasteiger partial charge in [-0.25, -0.2) is 0 Å². The second-order valence-corrected chi connectivity index (χ2v) is 5.49. The maximum atomic E-state index is 12.3. The summed E-state index contributed by atoms with van der Waals surface area (Å²) < 4.78 is 10.9. The van der Waals surface area contributed by atoms with Crippen molar-refractivity contribution in [2.45, 2.75) is 5.92 Å². The minimum absolute atomic E-state index is 0.345. The highest BCUT2D eigenvalue weighted by Gasteiger charge is 2.19. The van der Waals surface area contributed by atoms with Crippen LogP contribution in [0, 0.1) is 11.3 Å². The molecule has 0 unspecified atom stereocenters. The molecule has 1 aromatic heterocycles. The summed E-state index contributed by atoms with van der Waals surface area (Å²) in [4.78, 5) is 16.3. The van der Waals surface area contributed by atoms with Crippen molar-refractivity contribution in [2.75, 3.05) is 13.2 Å². The van der Waals surface area contributed by atoms with E-state index in [0.29, 0.717) is 41.0 Å². The van der Waals surface area contributed by atoms with Crippen LogP contribution in [0.1, 0.15) is 17.2 Å². The smallest absolute Gasteiger partial charge is 0.179 e. The number of benzene rings is 1. The number of aromatic nitrogens is 1. The van der Waals surface area contributed by atoms with Crippen molar-refractivity contribution >= 4 is 23.5 Å². The molecule has 24 heavy (non-hydrogen) atoms. The summed E-state index contributed by atoms with van der Waals surface area (Å²) in [7, 11) is 0. The van der Waals surface area contributed by atoms with Crippen molar-refractivity contribution in [3.8, 4) is 17.6 Å². The van der Waals surface area contributed by atoms with Gasteiger partial charge in [-0.05, 0) is 35.9 Å². The third-order valence-corrected chi connectivity index (χ3v) is 3.74. The van der Waals surface area contributed by atoms with Gasteiger partial charge in [-0.2, -0.15) is 5.26 Å². The fourth-order valence-electron chi connectivity index (χ4n) is 2.32. The molecule has 1 aromatic carbocycles. The molecule has 0 saturated carbocycles. The molecular weight excluding hydrogens is 328 g/mol. The standard InChI is InChI=1S/C18H13ClN2O3/c19-14-9-12(10-17-18(14)24-8-7-23-17)4-5-16(22)13(11-20)15-3-1-2-6-21-15/h1-6,9-10,13H,7-8H2/b5-4-/t13-/m1/s1. The van der Waals surface area contributed by atoms with E-state index in [1.807, 2.05) is 6.07 Å². The van der Waals surface area contributed by atoms with Gasteiger partial charge in [-0.1, -0.05) is 23.7 Å². The SMILES string of the molecule is N#C[C@@H](C(=O)/C=C\c1cc(Cl)c2c(c1)OCCO2)c1ccccn1. The third-order valence-electron chi connectivity index (χ3n) is 3.46. The van der Waals surface area contributed by atoms with Crippen molar-refractivity contribution in [1.82, 2.24) is 4.98 Å². The molecule has 1 atom stereocenters. The van der Waals surface area contributed by atoms with Gasteiger partial charge >= 0.3 is 0 Å². The number of pyridine rings is 1. The van der Waals surface area contributed by atoms with E-state index in [2.05, 4.69) is 4.98 Å². The molecule has 2 heterocycles. The predicted molar refractivity (Wildman–Crippen MR) is 89.1 cm³/mol. The Kier molecular flexibility index (Phi) is 4.78. The van der Waals surface area contributed by atoms with E-state index in [1.54, 1.807) is 42.6 Å². The van der Waals surface area contributed by atoms with Gasteiger partial charge in [0.25, 0.3) is 0 Å². The van der Waals surface area contributed by atoms with Crippen LogP contribution < -0.4 is 9.47 Å². The summed E-state index contributed by atoms with van der Waals surface area (Å²) >= 11 is 6.16. The van der Waals surface area contributed by atoms with Gasteiger partial charge in [0, 0.05) is 6.20 Å². The normalized spacial score (nSPS) is 14.2. The molecule has 1 aliphatic rings. The molecule has 5 nitrogen and oxygen atoms in total. The summed E-state index contributed by atoms with van der Waals surface area (Å²) in [5, 5.41) is 9.66. The summed E-state index contributed by atoms with van der Waals surface area (Å²) in [5.74, 6) is -0.227. The van der Waals surface area contributed by atoms with Gasteiger partial charge in [-0.3, -0.25) is 9.78 Å². The van der Waals surface area contributed by atoms with Crippen molar-refractivity contribution in [3.63, 3.8) is 0 Å². The third kappa shape index (κ3) is 3.39. The average molecular weight is 341 g/mol. The van der Waals surface area contributed by atoms with E-state index in [4.69, 9.17) is 21.1 Å². The highest BCUT2D eigenvalue weighted by molar-refractivity contribution is 6.32. The average Bonchev–Trinajstić information content (AvgIpc) is 2.61. The monoisotopic (exact) mass is 340 g/mol. The van der Waals surface area contributed by atoms with Gasteiger partial charge in [0.2, 0.25) is 0 Å². The molecule has 3 rings (SSSR count). The van der Waals surface area contributed by atoms with E-state index >= 15 is 0 Å². The lowest BCUT2D eigenvalue weighted by Gasteiger charge is -2.19. The first-order valence-corrected chi connectivity index (χ1v) is 7.68. The molecule has 0 saturated heterocycles. The second-order valence-electron chi connectivity index (χ2n) is 5.08. The van der Waals surface area contributed by atoms with E-state index in [-0.39, 0.29) is 5.78 Å². The van der Waals surface area contributed by atoms with E-state index in [0.717, 1.165) is 0 Å². The Bertz CT molecular complexity index is 828. The lowest BCUT2D eigenvalue weighted by Crippen LogP contribution is -2.15. The van der Waals surface area contributed by atoms with E-state index < -0.39 is 5.92 Å². The molecule has 0 N–H and O–H groups in total. The predicted octanol–water partition coefficient (Wildman–Crippen LogP) is 3.40. The number of rotatable bonds is 4. The first-order chi connectivity index (χ1) is 11.7. The molecule has 0 amide bonds. The molecule has 120 valence electrons. The number of ether oxygens (including phenoxy) is 2. The lowest BCUT2D eigenvalue weighted by atomic mass is 10.00. The van der Waals surface area contributed by atoms with Crippen molar-refractivity contribution < 1.29 is 14.3 Å². The number of hydrogen-bond acceptors (Lipinski definition) is 5. The van der Waals surface area contributed by atoms with Crippen LogP contribution in [0.2, 0.25) is 5.02 Å². The van der Waals surface area contributed by atoms with Crippen LogP contribution in [0.15, 0.2) is 42.6 Å². The number of nitrogens with zero attached hydrogens (tertiary/aromatic N) is 2. The molecule has 0 aliphatic carbocycles. The van der Waals surface area contributed by atoms with Gasteiger partial charge in [0.15, 0.2) is 23.2 Å². The topological polar surface area (TPSA) is 72.2 Å². The fraction of sp³-hybridized carbons (Fsp3) is 0.167. The Morgan fingerprint density at radius 1 is 1.33 bits per heavy atom. The molecule has 1 aliphatic heterocycles. The van der Waals surface area contributed by atoms with Gasteiger partial charge in [0.05, 0.1) is 16.8 Å². The largest absolute Gasteiger partial charge is 0.486 e. The highest BCUT2D eigenvalue weighted by atomic mass is 35.5. The Labute approximate surface area is 144 Å². The van der Waals surface area contributed by atoms with Crippen LogP contribution in [0.5, 0.6) is 11.5 Å². The zero-order chi connectivity index (χ0) is 16.9. The summed E-state index contributed by atoms with van der Waals surface area (Å²) in [6.45, 7) is 0.903. The minimum Gasteiger partial charge on any atom is -0.486 e. The van der Waals surface area contributed by atoms with Crippen molar-refractivity contribution in [2.24, 2.45) is 0 Å². The van der Waals surface area contributed by atoms with Crippen LogP contribution in [0.4, 0.5) is 0 Å². The van der Waals surface area contributed by atoms with Crippen LogP contribution in [0.3, 0.4) is 0 Å². The second kappa shape index (κ2) is 7.16. The summed E-state index contributed by atoms with van der Waals surface area (Å²) in [6.07, 6.45) is 4.50. The van der Waals surface area contributed by atoms with Gasteiger partial charge in [0.1, 0.15) is 13.2 Å². The molecule has 0 radical (unpaired) electrons. The molecule has 0 bridgehead atoms. The highest BCUT2D eigenvalue weighted by Crippen LogP contribution is 2.38. The molecule has 0 fully saturated rings. The number of carbonyl (C=O) groups is 1. The molecule has 6 heteroatoms. The number of fused-ring (bicyclic) bond motifs is 1. The van der Waals surface area contributed by atoms with Crippen LogP contribution in [-0.2, 0) is 4.79 Å². The summed E-state index contributed by atoms with van der Waals surface area (Å²) in [5.41, 5.74) is 1.12. The van der Waals surface area contributed by atoms with E-state index in [9.17, 15) is 10.1 Å². The number of halogens is 1. The Morgan fingerprint density at radius 2 is 2.17 bits per heavy atom. The first-order valence-electron chi connectivity index (χ1n) is 7.30. The summed E-state index contributed by atoms with van der Waals surface area (Å²) in [6, 6.07) is 10.5. The number of nitriles is 1. The van der Waals surface area contributed by atoms with Gasteiger partial charge < -0.3 is 9.47 Å². The van der Waals surface area contributed by atoms with Crippen molar-refractivity contribution in [1.29, 1.82) is 5.26 Å². The maximum absolute atomic E-state index is 12.3. The quantitative estimate of drug-likeness (QED) is 0.798. The fourth-order valence-corrected chi connectivity index (χ4v) is 2.60. The first kappa shape index (κ1) is 16.0. The van der Waals surface area contributed by atoms with Crippen LogP contribution in [-0.4, -0.2) is 24.0 Å². The number of ketones is 1. The number of hydrogen-bond donors (Lipinski definition) is 0. The minimum atomic E-state index is -0.935. The van der Waals surface area contributed by atoms with Crippen LogP contribution >= 0.6 is 11.6 Å². The van der Waals surface area contributed by atoms with Crippen molar-refractivity contribution in [3.05, 3.63) is 58.9 Å². The Morgan fingerprint density at radius 3 is 2.92 bits per heavy atom. The zero-order valence-electron chi connectivity index (χ0n) is 12.6. The number of allylic oxidation sites excluding steroid dienone is 1. The van der Waals surface area contributed by atoms with E-state index in [1.165, 1.54) is 6.08 Å².